The summed E-state index contributed by atoms with van der Waals surface area (Å²) >= 11 is 0. The molecule has 36 heavy (non-hydrogen) atoms. The van der Waals surface area contributed by atoms with Crippen molar-refractivity contribution in [3.8, 4) is 5.75 Å². The minimum absolute atomic E-state index is 0.266. The molecule has 0 aliphatic carbocycles. The molecule has 0 bridgehead atoms. The molecule has 0 atom stereocenters. The maximum Gasteiger partial charge on any atom is 0.322 e. The van der Waals surface area contributed by atoms with Gasteiger partial charge in [-0.25, -0.2) is 0 Å². The number of carbonyl (C=O) groups is 3. The van der Waals surface area contributed by atoms with Crippen molar-refractivity contribution in [1.29, 1.82) is 0 Å². The van der Waals surface area contributed by atoms with Gasteiger partial charge < -0.3 is 14.3 Å². The molecule has 4 aromatic carbocycles. The molecule has 8 nitrogen and oxygen atoms in total. The first-order chi connectivity index (χ1) is 17.4. The number of anilines is 1. The number of rotatable bonds is 5. The van der Waals surface area contributed by atoms with Gasteiger partial charge in [-0.1, -0.05) is 42.5 Å². The van der Waals surface area contributed by atoms with Gasteiger partial charge in [0.2, 0.25) is 33.7 Å². The Bertz CT molecular complexity index is 1580. The third kappa shape index (κ3) is 3.84. The van der Waals surface area contributed by atoms with Crippen LogP contribution in [0.5, 0.6) is 5.75 Å². The Balaban J connectivity index is 1.60. The highest BCUT2D eigenvalue weighted by atomic mass is 16.4. The Hall–Kier alpha value is -4.66. The summed E-state index contributed by atoms with van der Waals surface area (Å²) in [6.45, 7) is 0. The van der Waals surface area contributed by atoms with Crippen LogP contribution in [0.4, 0.5) is 17.1 Å². The summed E-state index contributed by atoms with van der Waals surface area (Å²) in [7, 11) is 4.53. The highest BCUT2D eigenvalue weighted by Crippen LogP contribution is 2.41. The molecule has 0 N–H and O–H groups in total. The Kier molecular flexibility index (Phi) is 5.89. The number of benzene rings is 4. The molecule has 3 amide bonds. The molecule has 0 saturated heterocycles. The molecular formula is C25H19B3N4O4. The molecule has 0 unspecified atom stereocenters. The van der Waals surface area contributed by atoms with Crippen molar-refractivity contribution >= 4 is 69.6 Å². The van der Waals surface area contributed by atoms with Crippen LogP contribution in [0.2, 0.25) is 0 Å². The monoisotopic (exact) mass is 472 g/mol. The summed E-state index contributed by atoms with van der Waals surface area (Å²) in [5, 5.41) is 10.4. The van der Waals surface area contributed by atoms with Crippen LogP contribution < -0.4 is 9.47 Å². The number of hydrogen-bond acceptors (Lipinski definition) is 6. The number of carbonyl (C=O) groups excluding carboxylic acids is 3. The third-order valence-corrected chi connectivity index (χ3v) is 6.20. The quantitative estimate of drug-likeness (QED) is 0.254. The van der Waals surface area contributed by atoms with E-state index >= 15 is 0 Å². The Labute approximate surface area is 209 Å². The van der Waals surface area contributed by atoms with E-state index in [1.165, 1.54) is 20.8 Å². The van der Waals surface area contributed by atoms with Crippen LogP contribution in [-0.2, 0) is 0 Å². The summed E-state index contributed by atoms with van der Waals surface area (Å²) in [5.41, 5.74) is 2.45. The second-order valence-electron chi connectivity index (χ2n) is 8.33. The second-order valence-corrected chi connectivity index (χ2v) is 8.33. The van der Waals surface area contributed by atoms with E-state index in [0.29, 0.717) is 28.2 Å². The van der Waals surface area contributed by atoms with Crippen LogP contribution in [0, 0.1) is 0 Å². The smallest absolute Gasteiger partial charge is 0.322 e. The maximum atomic E-state index is 13.7. The van der Waals surface area contributed by atoms with Gasteiger partial charge in [0.1, 0.15) is 11.4 Å². The molecular weight excluding hydrogens is 453 g/mol. The molecule has 11 heteroatoms. The minimum Gasteiger partial charge on any atom is -0.566 e. The van der Waals surface area contributed by atoms with Crippen LogP contribution in [0.3, 0.4) is 0 Å². The molecule has 0 aromatic heterocycles. The number of nitrogens with zero attached hydrogens (tertiary/aromatic N) is 4. The summed E-state index contributed by atoms with van der Waals surface area (Å²) in [6.07, 6.45) is 0. The minimum atomic E-state index is -0.399. The average Bonchev–Trinajstić information content (AvgIpc) is 3.14. The van der Waals surface area contributed by atoms with Gasteiger partial charge in [0, 0.05) is 11.1 Å². The van der Waals surface area contributed by atoms with Crippen LogP contribution in [-0.4, -0.2) is 46.5 Å². The van der Waals surface area contributed by atoms with Crippen molar-refractivity contribution in [2.24, 2.45) is 10.2 Å². The molecule has 1 heterocycles. The molecule has 0 spiro atoms. The largest absolute Gasteiger partial charge is 0.566 e. The SMILES string of the molecule is BOc1c(C(=O)N(B)c2ccc3c(c2)C(=O)N(B)C3=O)cc2ccccc2c1/N=N/c1ccccc1. The van der Waals surface area contributed by atoms with E-state index in [4.69, 9.17) is 4.65 Å². The van der Waals surface area contributed by atoms with Crippen LogP contribution in [0.15, 0.2) is 89.1 Å². The molecule has 0 saturated carbocycles. The van der Waals surface area contributed by atoms with Crippen LogP contribution >= 0.6 is 0 Å². The van der Waals surface area contributed by atoms with E-state index in [-0.39, 0.29) is 23.1 Å². The maximum absolute atomic E-state index is 13.7. The molecule has 5 rings (SSSR count). The first-order valence-electron chi connectivity index (χ1n) is 11.2. The van der Waals surface area contributed by atoms with E-state index in [1.807, 2.05) is 54.6 Å². The average molecular weight is 472 g/mol. The number of hydrogen-bond donors (Lipinski definition) is 0. The van der Waals surface area contributed by atoms with Crippen LogP contribution in [0.1, 0.15) is 31.1 Å². The van der Waals surface area contributed by atoms with Gasteiger partial charge >= 0.3 is 8.05 Å². The van der Waals surface area contributed by atoms with Crippen molar-refractivity contribution < 1.29 is 19.0 Å². The molecule has 1 aliphatic rings. The van der Waals surface area contributed by atoms with Gasteiger partial charge in [-0.05, 0) is 41.8 Å². The zero-order valence-electron chi connectivity index (χ0n) is 19.9. The predicted octanol–water partition coefficient (Wildman–Crippen LogP) is 2.52. The lowest BCUT2D eigenvalue weighted by molar-refractivity contribution is 0.0765. The van der Waals surface area contributed by atoms with Crippen molar-refractivity contribution in [1.82, 2.24) is 4.81 Å². The molecule has 1 aliphatic heterocycles. The number of azo groups is 1. The molecule has 0 radical (unpaired) electrons. The van der Waals surface area contributed by atoms with Gasteiger partial charge in [0.25, 0.3) is 0 Å². The zero-order chi connectivity index (χ0) is 25.4. The Morgan fingerprint density at radius 1 is 0.861 bits per heavy atom. The van der Waals surface area contributed by atoms with E-state index in [0.717, 1.165) is 15.6 Å². The number of amides is 3. The topological polar surface area (TPSA) is 91.6 Å². The molecule has 4 aromatic rings. The normalized spacial score (nSPS) is 12.8. The highest BCUT2D eigenvalue weighted by Gasteiger charge is 2.33. The summed E-state index contributed by atoms with van der Waals surface area (Å²) in [4.78, 5) is 40.9. The first-order valence-corrected chi connectivity index (χ1v) is 11.2. The lowest BCUT2D eigenvalue weighted by atomic mass is 10.0. The van der Waals surface area contributed by atoms with E-state index in [1.54, 1.807) is 32.2 Å². The van der Waals surface area contributed by atoms with Gasteiger partial charge in [-0.3, -0.25) is 14.4 Å². The van der Waals surface area contributed by atoms with Crippen molar-refractivity contribution in [2.45, 2.75) is 0 Å². The number of fused-ring (bicyclic) bond motifs is 2. The van der Waals surface area contributed by atoms with Gasteiger partial charge in [-0.2, -0.15) is 5.11 Å². The standard InChI is InChI=1S/C25H19B3N4O4/c26-31(16-10-11-18-19(13-16)24(34)32(27)23(18)33)25(35)20-12-14-6-4-5-9-17(14)21(22(20)36-28)30-29-15-7-2-1-3-8-15/h1-13H,26-28H2/b30-29+. The fourth-order valence-corrected chi connectivity index (χ4v) is 4.23. The molecule has 0 fully saturated rings. The fraction of sp³-hybridized carbons (Fsp3) is 0. The number of imide groups is 1. The second kappa shape index (κ2) is 9.18. The first kappa shape index (κ1) is 23.1. The zero-order valence-corrected chi connectivity index (χ0v) is 19.9. The summed E-state index contributed by atoms with van der Waals surface area (Å²) < 4.78 is 5.69. The third-order valence-electron chi connectivity index (χ3n) is 6.20. The lowest BCUT2D eigenvalue weighted by Crippen LogP contribution is -2.28. The van der Waals surface area contributed by atoms with Gasteiger partial charge in [0.05, 0.1) is 22.4 Å². The van der Waals surface area contributed by atoms with Crippen LogP contribution in [0.25, 0.3) is 10.8 Å². The van der Waals surface area contributed by atoms with E-state index < -0.39 is 5.91 Å². The Morgan fingerprint density at radius 3 is 2.31 bits per heavy atom. The highest BCUT2D eigenvalue weighted by molar-refractivity contribution is 6.38. The lowest BCUT2D eigenvalue weighted by Gasteiger charge is -2.21. The Morgan fingerprint density at radius 2 is 1.56 bits per heavy atom. The van der Waals surface area contributed by atoms with Crippen molar-refractivity contribution in [2.75, 3.05) is 4.81 Å². The molecule has 172 valence electrons. The van der Waals surface area contributed by atoms with E-state index in [9.17, 15) is 14.4 Å². The van der Waals surface area contributed by atoms with E-state index in [2.05, 4.69) is 10.2 Å². The van der Waals surface area contributed by atoms with Gasteiger partial charge in [-0.15, -0.1) is 5.11 Å². The fourth-order valence-electron chi connectivity index (χ4n) is 4.23. The summed E-state index contributed by atoms with van der Waals surface area (Å²) in [5.74, 6) is -0.832. The van der Waals surface area contributed by atoms with Gasteiger partial charge in [0.15, 0.2) is 0 Å². The predicted molar refractivity (Wildman–Crippen MR) is 145 cm³/mol. The van der Waals surface area contributed by atoms with Crippen molar-refractivity contribution in [3.05, 3.63) is 95.6 Å². The summed E-state index contributed by atoms with van der Waals surface area (Å²) in [6, 6.07) is 23.4. The van der Waals surface area contributed by atoms with Crippen molar-refractivity contribution in [3.63, 3.8) is 0 Å².